The zero-order chi connectivity index (χ0) is 32.8. The van der Waals surface area contributed by atoms with Crippen LogP contribution in [0.15, 0.2) is 0 Å². The molecule has 0 aromatic carbocycles. The third kappa shape index (κ3) is 28.4. The summed E-state index contributed by atoms with van der Waals surface area (Å²) in [4.78, 5) is 0. The maximum Gasteiger partial charge on any atom is 0.0594 e. The van der Waals surface area contributed by atoms with Crippen molar-refractivity contribution in [1.82, 2.24) is 0 Å². The van der Waals surface area contributed by atoms with Crippen molar-refractivity contribution in [3.8, 4) is 0 Å². The van der Waals surface area contributed by atoms with Crippen LogP contribution >= 0.6 is 23.9 Å². The standard InChI is InChI=1S/C40H85P2S2/c1-8-11-14-27-32-41(33-28-15-12-9-2,34-29-16-13-10-3)35-30-25-23-21-19-17-18-20-22-24-26-31-36-44-42(43,37-39(4)5)38-40(6)7/h39-40H,8-38H2,1-7H3/q+1. The second-order valence-electron chi connectivity index (χ2n) is 15.5. The van der Waals surface area contributed by atoms with Gasteiger partial charge >= 0.3 is 0 Å². The van der Waals surface area contributed by atoms with Gasteiger partial charge in [-0.3, -0.25) is 0 Å². The minimum atomic E-state index is -1.20. The quantitative estimate of drug-likeness (QED) is 0.0479. The second-order valence-corrected chi connectivity index (χ2v) is 28.6. The van der Waals surface area contributed by atoms with E-state index in [-0.39, 0.29) is 0 Å². The van der Waals surface area contributed by atoms with E-state index in [2.05, 4.69) is 59.8 Å². The van der Waals surface area contributed by atoms with Gasteiger partial charge in [0.05, 0.1) is 24.6 Å². The van der Waals surface area contributed by atoms with E-state index in [4.69, 9.17) is 11.8 Å². The topological polar surface area (TPSA) is 0 Å². The first kappa shape index (κ1) is 45.4. The average Bonchev–Trinajstić information content (AvgIpc) is 2.96. The minimum absolute atomic E-state index is 0.726. The van der Waals surface area contributed by atoms with Crippen LogP contribution in [0, 0.1) is 11.8 Å². The zero-order valence-electron chi connectivity index (χ0n) is 31.8. The Morgan fingerprint density at radius 1 is 0.432 bits per heavy atom. The van der Waals surface area contributed by atoms with Gasteiger partial charge in [0.25, 0.3) is 0 Å². The molecule has 0 nitrogen and oxygen atoms in total. The van der Waals surface area contributed by atoms with Crippen molar-refractivity contribution in [3.63, 3.8) is 0 Å². The molecule has 0 saturated carbocycles. The molecule has 0 spiro atoms. The average molecular weight is 692 g/mol. The first-order valence-electron chi connectivity index (χ1n) is 20.3. The molecule has 0 heterocycles. The lowest BCUT2D eigenvalue weighted by molar-refractivity contribution is 0.548. The lowest BCUT2D eigenvalue weighted by Crippen LogP contribution is -2.13. The molecule has 0 aromatic heterocycles. The van der Waals surface area contributed by atoms with Gasteiger partial charge in [-0.05, 0) is 87.7 Å². The maximum atomic E-state index is 6.21. The number of hydrogen-bond acceptors (Lipinski definition) is 2. The highest BCUT2D eigenvalue weighted by Crippen LogP contribution is 2.62. The van der Waals surface area contributed by atoms with Crippen LogP contribution in [0.3, 0.4) is 0 Å². The SMILES string of the molecule is CCCCCC[P+](CCCCCC)(CCCCCC)CCCCCCCCCCCCCCSP(=S)(CC(C)C)CC(C)C. The fourth-order valence-corrected chi connectivity index (χ4v) is 21.6. The van der Waals surface area contributed by atoms with E-state index in [1.165, 1.54) is 166 Å². The van der Waals surface area contributed by atoms with Crippen LogP contribution in [-0.4, -0.2) is 42.7 Å². The smallest absolute Gasteiger partial charge is 0.0594 e. The van der Waals surface area contributed by atoms with Crippen LogP contribution in [0.25, 0.3) is 0 Å². The number of hydrogen-bond donors (Lipinski definition) is 0. The highest BCUT2D eigenvalue weighted by atomic mass is 32.9. The van der Waals surface area contributed by atoms with Gasteiger partial charge in [0, 0.05) is 12.5 Å². The fourth-order valence-electron chi connectivity index (χ4n) is 7.13. The van der Waals surface area contributed by atoms with Crippen LogP contribution in [0.1, 0.15) is 203 Å². The Kier molecular flexibility index (Phi) is 32.7. The molecule has 0 rings (SSSR count). The van der Waals surface area contributed by atoms with Crippen molar-refractivity contribution >= 4 is 35.7 Å². The zero-order valence-corrected chi connectivity index (χ0v) is 35.2. The molecule has 266 valence electrons. The molecule has 0 atom stereocenters. The molecule has 0 saturated heterocycles. The summed E-state index contributed by atoms with van der Waals surface area (Å²) in [5, 5.41) is -1.20. The summed E-state index contributed by atoms with van der Waals surface area (Å²) in [5.74, 6) is 2.83. The molecule has 0 aliphatic carbocycles. The predicted octanol–water partition coefficient (Wildman–Crippen LogP) is 15.9. The van der Waals surface area contributed by atoms with Gasteiger partial charge in [0.1, 0.15) is 0 Å². The van der Waals surface area contributed by atoms with Gasteiger partial charge in [-0.2, -0.15) is 0 Å². The van der Waals surface area contributed by atoms with Gasteiger partial charge in [-0.25, -0.2) is 0 Å². The Labute approximate surface area is 291 Å². The monoisotopic (exact) mass is 692 g/mol. The van der Waals surface area contributed by atoms with E-state index in [9.17, 15) is 0 Å². The Bertz CT molecular complexity index is 588. The third-order valence-electron chi connectivity index (χ3n) is 9.60. The van der Waals surface area contributed by atoms with Gasteiger partial charge < -0.3 is 0 Å². The largest absolute Gasteiger partial charge is 0.124 e. The van der Waals surface area contributed by atoms with Crippen LogP contribution in [-0.2, 0) is 11.8 Å². The molecule has 0 aliphatic heterocycles. The molecule has 4 heteroatoms. The van der Waals surface area contributed by atoms with Gasteiger partial charge in [0.15, 0.2) is 0 Å². The molecular weight excluding hydrogens is 607 g/mol. The summed E-state index contributed by atoms with van der Waals surface area (Å²) in [6, 6.07) is 0. The summed E-state index contributed by atoms with van der Waals surface area (Å²) >= 11 is 8.42. The lowest BCUT2D eigenvalue weighted by Gasteiger charge is -2.28. The highest BCUT2D eigenvalue weighted by molar-refractivity contribution is 8.71. The van der Waals surface area contributed by atoms with Gasteiger partial charge in [-0.1, -0.05) is 157 Å². The van der Waals surface area contributed by atoms with Gasteiger partial charge in [-0.15, -0.1) is 11.4 Å². The first-order chi connectivity index (χ1) is 21.2. The summed E-state index contributed by atoms with van der Waals surface area (Å²) in [6.07, 6.45) is 44.4. The number of unbranched alkanes of at least 4 members (excludes halogenated alkanes) is 20. The van der Waals surface area contributed by atoms with Crippen LogP contribution in [0.2, 0.25) is 0 Å². The Morgan fingerprint density at radius 3 is 1.00 bits per heavy atom. The van der Waals surface area contributed by atoms with Crippen LogP contribution in [0.5, 0.6) is 0 Å². The Hall–Kier alpha value is 1.43. The van der Waals surface area contributed by atoms with E-state index < -0.39 is 12.5 Å². The van der Waals surface area contributed by atoms with E-state index >= 15 is 0 Å². The molecule has 44 heavy (non-hydrogen) atoms. The summed E-state index contributed by atoms with van der Waals surface area (Å²) in [5.41, 5.74) is 0. The molecule has 0 radical (unpaired) electrons. The van der Waals surface area contributed by atoms with E-state index in [0.29, 0.717) is 0 Å². The summed E-state index contributed by atoms with van der Waals surface area (Å²) < 4.78 is 0. The second kappa shape index (κ2) is 31.7. The van der Waals surface area contributed by atoms with E-state index in [1.807, 2.05) is 0 Å². The first-order valence-corrected chi connectivity index (χ1v) is 27.6. The molecular formula is C40H85P2S2+. The molecule has 0 aromatic rings. The Balaban J connectivity index is 4.16. The van der Waals surface area contributed by atoms with Crippen molar-refractivity contribution < 1.29 is 0 Å². The molecule has 0 unspecified atom stereocenters. The molecule has 0 N–H and O–H groups in total. The number of rotatable bonds is 35. The predicted molar refractivity (Wildman–Crippen MR) is 220 cm³/mol. The summed E-state index contributed by atoms with van der Waals surface area (Å²) in [7, 11) is -0.726. The summed E-state index contributed by atoms with van der Waals surface area (Å²) in [6.45, 7) is 16.5. The van der Waals surface area contributed by atoms with Crippen molar-refractivity contribution in [2.45, 2.75) is 203 Å². The van der Waals surface area contributed by atoms with Crippen molar-refractivity contribution in [1.29, 1.82) is 0 Å². The molecule has 0 bridgehead atoms. The molecule has 0 fully saturated rings. The van der Waals surface area contributed by atoms with Crippen LogP contribution < -0.4 is 0 Å². The highest BCUT2D eigenvalue weighted by Gasteiger charge is 2.34. The molecule has 0 aliphatic rings. The maximum absolute atomic E-state index is 6.21. The van der Waals surface area contributed by atoms with E-state index in [1.54, 1.807) is 31.1 Å². The van der Waals surface area contributed by atoms with Crippen molar-refractivity contribution in [2.24, 2.45) is 11.8 Å². The molecule has 0 amide bonds. The van der Waals surface area contributed by atoms with Crippen molar-refractivity contribution in [2.75, 3.05) is 42.7 Å². The lowest BCUT2D eigenvalue weighted by atomic mass is 10.1. The Morgan fingerprint density at radius 2 is 0.705 bits per heavy atom. The normalized spacial score (nSPS) is 12.7. The van der Waals surface area contributed by atoms with Crippen molar-refractivity contribution in [3.05, 3.63) is 0 Å². The van der Waals surface area contributed by atoms with Gasteiger partial charge in [0.2, 0.25) is 0 Å². The third-order valence-corrected chi connectivity index (χ3v) is 22.9. The van der Waals surface area contributed by atoms with Crippen LogP contribution in [0.4, 0.5) is 0 Å². The minimum Gasteiger partial charge on any atom is -0.124 e. The van der Waals surface area contributed by atoms with E-state index in [0.717, 1.165) is 11.8 Å². The fraction of sp³-hybridized carbons (Fsp3) is 1.00.